The number of hydrogen-bond acceptors (Lipinski definition) is 8. The number of thioether (sulfide) groups is 2. The standard InChI is InChI=1S/C22H43N7O5S2/c1-13(2)12-14(23)18(30)27-15(6-5-9-26-22(24)25)19(31)28-16(7-10-35-3)20(32)29-17(21(33)34)8-11-36-4/h13-17H,5-12,23H2,1-4H3,(H,27,30)(H,28,31)(H,29,32)(H,33,34)(H4,24,25,26). The summed E-state index contributed by atoms with van der Waals surface area (Å²) in [5.74, 6) is -1.55. The highest BCUT2D eigenvalue weighted by atomic mass is 32.2. The highest BCUT2D eigenvalue weighted by Gasteiger charge is 2.30. The first kappa shape index (κ1) is 33.8. The lowest BCUT2D eigenvalue weighted by atomic mass is 10.0. The number of carbonyl (C=O) groups excluding carboxylic acids is 3. The Morgan fingerprint density at radius 2 is 1.31 bits per heavy atom. The molecular formula is C22H43N7O5S2. The summed E-state index contributed by atoms with van der Waals surface area (Å²) >= 11 is 2.96. The zero-order valence-electron chi connectivity index (χ0n) is 21.6. The van der Waals surface area contributed by atoms with Crippen LogP contribution in [0.15, 0.2) is 4.99 Å². The van der Waals surface area contributed by atoms with Crippen LogP contribution < -0.4 is 33.2 Å². The Balaban J connectivity index is 5.53. The molecule has 0 saturated heterocycles. The van der Waals surface area contributed by atoms with Crippen LogP contribution in [0.1, 0.15) is 46.0 Å². The first-order chi connectivity index (χ1) is 16.9. The van der Waals surface area contributed by atoms with Gasteiger partial charge in [-0.15, -0.1) is 0 Å². The molecule has 14 heteroatoms. The van der Waals surface area contributed by atoms with Crippen LogP contribution >= 0.6 is 23.5 Å². The lowest BCUT2D eigenvalue weighted by Crippen LogP contribution is -2.57. The molecule has 0 aromatic carbocycles. The molecule has 208 valence electrons. The number of aliphatic carboxylic acids is 1. The summed E-state index contributed by atoms with van der Waals surface area (Å²) in [5.41, 5.74) is 16.7. The first-order valence-corrected chi connectivity index (χ1v) is 14.6. The van der Waals surface area contributed by atoms with Crippen LogP contribution in [0, 0.1) is 5.92 Å². The molecule has 4 unspecified atom stereocenters. The molecule has 3 amide bonds. The SMILES string of the molecule is CSCCC(NC(=O)C(CCSC)NC(=O)C(CCCN=C(N)N)NC(=O)C(N)CC(C)C)C(=O)O. The molecule has 0 spiro atoms. The third-order valence-corrected chi connectivity index (χ3v) is 6.40. The Kier molecular flexibility index (Phi) is 17.8. The van der Waals surface area contributed by atoms with Gasteiger partial charge in [0.05, 0.1) is 6.04 Å². The fraction of sp³-hybridized carbons (Fsp3) is 0.773. The zero-order chi connectivity index (χ0) is 27.7. The lowest BCUT2D eigenvalue weighted by molar-refractivity contribution is -0.142. The molecule has 36 heavy (non-hydrogen) atoms. The van der Waals surface area contributed by atoms with Crippen LogP contribution in [0.4, 0.5) is 0 Å². The van der Waals surface area contributed by atoms with Crippen molar-refractivity contribution in [2.45, 2.75) is 70.1 Å². The summed E-state index contributed by atoms with van der Waals surface area (Å²) in [6, 6.07) is -3.80. The van der Waals surface area contributed by atoms with Gasteiger partial charge in [-0.3, -0.25) is 19.4 Å². The molecule has 0 saturated carbocycles. The summed E-state index contributed by atoms with van der Waals surface area (Å²) in [6.07, 6.45) is 5.30. The molecule has 0 radical (unpaired) electrons. The largest absolute Gasteiger partial charge is 0.480 e. The van der Waals surface area contributed by atoms with Gasteiger partial charge in [-0.1, -0.05) is 13.8 Å². The molecule has 0 bridgehead atoms. The number of nitrogens with one attached hydrogen (secondary N) is 3. The van der Waals surface area contributed by atoms with Gasteiger partial charge >= 0.3 is 5.97 Å². The molecule has 0 rings (SSSR count). The maximum Gasteiger partial charge on any atom is 0.326 e. The number of carboxylic acids is 1. The molecule has 0 aliphatic heterocycles. The number of amides is 3. The van der Waals surface area contributed by atoms with Gasteiger partial charge < -0.3 is 38.3 Å². The van der Waals surface area contributed by atoms with Crippen molar-refractivity contribution in [3.05, 3.63) is 0 Å². The number of nitrogens with zero attached hydrogens (tertiary/aromatic N) is 1. The number of hydrogen-bond donors (Lipinski definition) is 7. The van der Waals surface area contributed by atoms with Crippen molar-refractivity contribution in [2.24, 2.45) is 28.1 Å². The van der Waals surface area contributed by atoms with Crippen LogP contribution in [-0.2, 0) is 19.2 Å². The highest BCUT2D eigenvalue weighted by molar-refractivity contribution is 7.98. The van der Waals surface area contributed by atoms with Crippen LogP contribution in [0.3, 0.4) is 0 Å². The smallest absolute Gasteiger partial charge is 0.326 e. The quantitative estimate of drug-likeness (QED) is 0.0620. The van der Waals surface area contributed by atoms with Crippen LogP contribution in [0.25, 0.3) is 0 Å². The average Bonchev–Trinajstić information content (AvgIpc) is 2.79. The van der Waals surface area contributed by atoms with Crippen LogP contribution in [-0.4, -0.2) is 89.5 Å². The van der Waals surface area contributed by atoms with Gasteiger partial charge in [0.15, 0.2) is 5.96 Å². The predicted molar refractivity (Wildman–Crippen MR) is 147 cm³/mol. The topological polar surface area (TPSA) is 215 Å². The fourth-order valence-corrected chi connectivity index (χ4v) is 4.15. The van der Waals surface area contributed by atoms with E-state index in [1.807, 2.05) is 26.4 Å². The highest BCUT2D eigenvalue weighted by Crippen LogP contribution is 2.08. The van der Waals surface area contributed by atoms with E-state index in [-0.39, 0.29) is 37.7 Å². The molecular weight excluding hydrogens is 506 g/mol. The van der Waals surface area contributed by atoms with Gasteiger partial charge in [0, 0.05) is 6.54 Å². The molecule has 0 aromatic rings. The van der Waals surface area contributed by atoms with Crippen molar-refractivity contribution in [2.75, 3.05) is 30.6 Å². The predicted octanol–water partition coefficient (Wildman–Crippen LogP) is -0.541. The van der Waals surface area contributed by atoms with E-state index in [1.54, 1.807) is 0 Å². The van der Waals surface area contributed by atoms with Gasteiger partial charge in [0.25, 0.3) is 0 Å². The molecule has 0 aliphatic rings. The Morgan fingerprint density at radius 3 is 1.78 bits per heavy atom. The second kappa shape index (κ2) is 19.0. The van der Waals surface area contributed by atoms with Crippen molar-refractivity contribution < 1.29 is 24.3 Å². The molecule has 4 atom stereocenters. The van der Waals surface area contributed by atoms with Gasteiger partial charge in [-0.2, -0.15) is 23.5 Å². The van der Waals surface area contributed by atoms with Gasteiger partial charge in [-0.05, 0) is 62.0 Å². The number of carbonyl (C=O) groups is 4. The van der Waals surface area contributed by atoms with Crippen LogP contribution in [0.2, 0.25) is 0 Å². The van der Waals surface area contributed by atoms with E-state index in [9.17, 15) is 24.3 Å². The Labute approximate surface area is 222 Å². The average molecular weight is 550 g/mol. The maximum absolute atomic E-state index is 13.2. The maximum atomic E-state index is 13.2. The van der Waals surface area contributed by atoms with Gasteiger partial charge in [0.2, 0.25) is 17.7 Å². The summed E-state index contributed by atoms with van der Waals surface area (Å²) in [5, 5.41) is 17.3. The van der Waals surface area contributed by atoms with E-state index in [1.165, 1.54) is 23.5 Å². The summed E-state index contributed by atoms with van der Waals surface area (Å²) in [4.78, 5) is 54.1. The summed E-state index contributed by atoms with van der Waals surface area (Å²) in [6.45, 7) is 4.13. The minimum absolute atomic E-state index is 0.0812. The third-order valence-electron chi connectivity index (χ3n) is 5.11. The Morgan fingerprint density at radius 1 is 0.833 bits per heavy atom. The second-order valence-electron chi connectivity index (χ2n) is 8.77. The van der Waals surface area contributed by atoms with Crippen molar-refractivity contribution in [3.8, 4) is 0 Å². The zero-order valence-corrected chi connectivity index (χ0v) is 23.3. The summed E-state index contributed by atoms with van der Waals surface area (Å²) < 4.78 is 0. The van der Waals surface area contributed by atoms with E-state index in [4.69, 9.17) is 17.2 Å². The van der Waals surface area contributed by atoms with Crippen molar-refractivity contribution in [3.63, 3.8) is 0 Å². The molecule has 0 fully saturated rings. The van der Waals surface area contributed by atoms with Gasteiger partial charge in [0.1, 0.15) is 18.1 Å². The Bertz CT molecular complexity index is 736. The van der Waals surface area contributed by atoms with E-state index >= 15 is 0 Å². The molecule has 0 aromatic heterocycles. The number of carboxylic acid groups (broad SMARTS) is 1. The van der Waals surface area contributed by atoms with E-state index < -0.39 is 47.9 Å². The van der Waals surface area contributed by atoms with Crippen LogP contribution in [0.5, 0.6) is 0 Å². The lowest BCUT2D eigenvalue weighted by Gasteiger charge is -2.25. The first-order valence-electron chi connectivity index (χ1n) is 11.9. The fourth-order valence-electron chi connectivity index (χ4n) is 3.21. The molecule has 12 nitrogen and oxygen atoms in total. The van der Waals surface area contributed by atoms with Crippen molar-refractivity contribution in [1.29, 1.82) is 0 Å². The number of nitrogens with two attached hydrogens (primary N) is 3. The third kappa shape index (κ3) is 15.0. The van der Waals surface area contributed by atoms with E-state index in [0.29, 0.717) is 24.3 Å². The Hall–Kier alpha value is -2.19. The second-order valence-corrected chi connectivity index (χ2v) is 10.7. The molecule has 0 heterocycles. The van der Waals surface area contributed by atoms with Crippen molar-refractivity contribution in [1.82, 2.24) is 16.0 Å². The van der Waals surface area contributed by atoms with E-state index in [2.05, 4.69) is 20.9 Å². The monoisotopic (exact) mass is 549 g/mol. The van der Waals surface area contributed by atoms with Gasteiger partial charge in [-0.25, -0.2) is 4.79 Å². The minimum Gasteiger partial charge on any atom is -0.480 e. The van der Waals surface area contributed by atoms with Crippen molar-refractivity contribution >= 4 is 53.2 Å². The minimum atomic E-state index is -1.14. The number of guanidine groups is 1. The molecule has 0 aliphatic carbocycles. The van der Waals surface area contributed by atoms with E-state index in [0.717, 1.165) is 0 Å². The number of aliphatic imine (C=N–C) groups is 1. The summed E-state index contributed by atoms with van der Waals surface area (Å²) in [7, 11) is 0. The molecule has 10 N–H and O–H groups in total. The number of rotatable bonds is 19. The normalized spacial score (nSPS) is 14.3.